The molecule has 0 aliphatic carbocycles. The number of anilines is 2. The maximum Gasteiger partial charge on any atom is 0.245 e. The summed E-state index contributed by atoms with van der Waals surface area (Å²) >= 11 is 0. The molecule has 2 amide bonds. The Labute approximate surface area is 318 Å². The Kier molecular flexibility index (Phi) is 12.4. The van der Waals surface area contributed by atoms with E-state index in [0.29, 0.717) is 26.2 Å². The highest BCUT2D eigenvalue weighted by Gasteiger charge is 2.36. The highest BCUT2D eigenvalue weighted by molar-refractivity contribution is 6.07. The normalized spacial score (nSPS) is 15.4. The third-order valence-corrected chi connectivity index (χ3v) is 10.8. The Hall–Kier alpha value is -4.66. The molecule has 0 radical (unpaired) electrons. The van der Waals surface area contributed by atoms with Gasteiger partial charge in [0.1, 0.15) is 12.1 Å². The van der Waals surface area contributed by atoms with Crippen molar-refractivity contribution in [1.82, 2.24) is 9.80 Å². The molecule has 4 N–H and O–H groups in total. The fourth-order valence-electron chi connectivity index (χ4n) is 7.35. The molecule has 1 fully saturated rings. The molecule has 4 aromatic carbocycles. The standard InChI is InChI=1S/C42H46N6O2.2ClH/c1-5-27(3)37(45-39-29-15-7-11-19-33(29)43-34-20-12-8-16-30(34)39)41(49)47-23-25-48(26-24-47)42(50)38(28(4)6-2)46-40-31-17-9-13-21-35(31)44-36-22-14-10-18-32(36)40;;/h7-22,27-28,37-38H,5-6,23-26H2,1-4H3,(H,43,45)(H,44,46);2*1H/t27-,28-,37-,38-;;/m0../s1. The number of nitrogens with zero attached hydrogens (tertiary/aromatic N) is 2. The van der Waals surface area contributed by atoms with Gasteiger partial charge in [-0.3, -0.25) is 9.59 Å². The molecule has 1 aliphatic rings. The van der Waals surface area contributed by atoms with Crippen molar-refractivity contribution < 1.29 is 44.4 Å². The zero-order chi connectivity index (χ0) is 34.8. The van der Waals surface area contributed by atoms with Crippen molar-refractivity contribution in [3.8, 4) is 0 Å². The van der Waals surface area contributed by atoms with Crippen LogP contribution in [0.2, 0.25) is 0 Å². The Morgan fingerprint density at radius 1 is 0.538 bits per heavy atom. The number of pyridine rings is 2. The first-order chi connectivity index (χ1) is 24.4. The molecule has 0 spiro atoms. The first kappa shape index (κ1) is 38.6. The van der Waals surface area contributed by atoms with Gasteiger partial charge in [0.05, 0.1) is 32.9 Å². The van der Waals surface area contributed by atoms with Gasteiger partial charge in [0, 0.05) is 50.4 Å². The van der Waals surface area contributed by atoms with Crippen LogP contribution in [0.1, 0.15) is 40.5 Å². The minimum atomic E-state index is -0.401. The van der Waals surface area contributed by atoms with Gasteiger partial charge in [-0.25, -0.2) is 9.97 Å². The van der Waals surface area contributed by atoms with Gasteiger partial charge in [0.15, 0.2) is 0 Å². The molecule has 0 saturated carbocycles. The number of rotatable bonds is 10. The smallest absolute Gasteiger partial charge is 0.245 e. The van der Waals surface area contributed by atoms with Crippen LogP contribution in [-0.2, 0) is 9.59 Å². The molecule has 1 aliphatic heterocycles. The Morgan fingerprint density at radius 3 is 1.08 bits per heavy atom. The topological polar surface area (TPSA) is 93.0 Å². The van der Waals surface area contributed by atoms with E-state index in [9.17, 15) is 9.59 Å². The molecule has 272 valence electrons. The summed E-state index contributed by atoms with van der Waals surface area (Å²) in [6, 6.07) is 32.2. The molecule has 3 heterocycles. The second-order valence-electron chi connectivity index (χ2n) is 13.8. The lowest BCUT2D eigenvalue weighted by Crippen LogP contribution is -3.00. The molecule has 6 aromatic rings. The number of amides is 2. The summed E-state index contributed by atoms with van der Waals surface area (Å²) in [7, 11) is 0. The van der Waals surface area contributed by atoms with Crippen LogP contribution >= 0.6 is 0 Å². The molecule has 0 bridgehead atoms. The molecule has 7 rings (SSSR count). The van der Waals surface area contributed by atoms with Gasteiger partial charge in [-0.05, 0) is 36.1 Å². The number of aromatic amines is 2. The molecule has 8 nitrogen and oxygen atoms in total. The van der Waals surface area contributed by atoms with E-state index in [1.807, 2.05) is 58.3 Å². The minimum absolute atomic E-state index is 0. The van der Waals surface area contributed by atoms with Crippen molar-refractivity contribution in [2.45, 2.75) is 52.6 Å². The first-order valence-electron chi connectivity index (χ1n) is 18.1. The van der Waals surface area contributed by atoms with E-state index in [0.717, 1.165) is 67.8 Å². The van der Waals surface area contributed by atoms with Crippen LogP contribution < -0.4 is 45.4 Å². The van der Waals surface area contributed by atoms with Crippen molar-refractivity contribution in [3.63, 3.8) is 0 Å². The lowest BCUT2D eigenvalue weighted by molar-refractivity contribution is -0.310. The number of piperazine rings is 1. The van der Waals surface area contributed by atoms with Gasteiger partial charge in [-0.2, -0.15) is 0 Å². The first-order valence-corrected chi connectivity index (χ1v) is 18.1. The maximum atomic E-state index is 14.4. The molecular weight excluding hydrogens is 691 g/mol. The number of fused-ring (bicyclic) bond motifs is 4. The zero-order valence-electron chi connectivity index (χ0n) is 30.3. The summed E-state index contributed by atoms with van der Waals surface area (Å²) in [4.78, 5) is 39.7. The number of halogens is 2. The summed E-state index contributed by atoms with van der Waals surface area (Å²) in [5.41, 5.74) is 6.04. The number of carbonyl (C=O) groups excluding carboxylic acids is 2. The molecule has 1 saturated heterocycles. The third kappa shape index (κ3) is 7.46. The van der Waals surface area contributed by atoms with Crippen LogP contribution in [0, 0.1) is 11.8 Å². The molecule has 10 heteroatoms. The van der Waals surface area contributed by atoms with Crippen LogP contribution in [0.15, 0.2) is 97.1 Å². The van der Waals surface area contributed by atoms with Crippen molar-refractivity contribution in [2.24, 2.45) is 11.8 Å². The van der Waals surface area contributed by atoms with Gasteiger partial charge < -0.3 is 45.2 Å². The lowest BCUT2D eigenvalue weighted by Gasteiger charge is -2.40. The average Bonchev–Trinajstić information content (AvgIpc) is 3.17. The monoisotopic (exact) mass is 738 g/mol. The summed E-state index contributed by atoms with van der Waals surface area (Å²) in [6.07, 6.45) is 1.72. The van der Waals surface area contributed by atoms with Gasteiger partial charge in [0.25, 0.3) is 0 Å². The Morgan fingerprint density at radius 2 is 0.808 bits per heavy atom. The van der Waals surface area contributed by atoms with Crippen LogP contribution in [-0.4, -0.2) is 59.9 Å². The SMILES string of the molecule is CC[C@H](C)[C@H](Nc1c2ccccc2[nH+]c2ccccc12)C(=O)N1CCN(C(=O)[C@@H](Nc2c3ccccc3[nH+]c3ccccc23)[C@@H](C)CC)CC1.[Cl-].[Cl-]. The Balaban J connectivity index is 0.00000261. The quantitative estimate of drug-likeness (QED) is 0.205. The largest absolute Gasteiger partial charge is 1.00 e. The second-order valence-corrected chi connectivity index (χ2v) is 13.8. The maximum absolute atomic E-state index is 14.4. The van der Waals surface area contributed by atoms with E-state index in [1.165, 1.54) is 0 Å². The second kappa shape index (κ2) is 16.8. The number of para-hydroxylation sites is 4. The van der Waals surface area contributed by atoms with Crippen LogP contribution in [0.25, 0.3) is 43.6 Å². The van der Waals surface area contributed by atoms with E-state index in [2.05, 4.69) is 96.8 Å². The number of aromatic nitrogens is 2. The average molecular weight is 740 g/mol. The van der Waals surface area contributed by atoms with Gasteiger partial charge in [0.2, 0.25) is 33.9 Å². The summed E-state index contributed by atoms with van der Waals surface area (Å²) in [5, 5.41) is 11.7. The highest BCUT2D eigenvalue weighted by atomic mass is 35.5. The number of carbonyl (C=O) groups is 2. The van der Waals surface area contributed by atoms with Crippen LogP contribution in [0.5, 0.6) is 0 Å². The summed E-state index contributed by atoms with van der Waals surface area (Å²) in [5.74, 6) is 0.385. The van der Waals surface area contributed by atoms with E-state index in [4.69, 9.17) is 0 Å². The number of H-pyrrole nitrogens is 2. The molecular formula is C42H48Cl2N6O2. The molecule has 4 atom stereocenters. The molecule has 52 heavy (non-hydrogen) atoms. The molecule has 2 aromatic heterocycles. The van der Waals surface area contributed by atoms with Gasteiger partial charge >= 0.3 is 0 Å². The van der Waals surface area contributed by atoms with E-state index >= 15 is 0 Å². The van der Waals surface area contributed by atoms with E-state index in [-0.39, 0.29) is 48.5 Å². The van der Waals surface area contributed by atoms with Crippen molar-refractivity contribution in [1.29, 1.82) is 0 Å². The van der Waals surface area contributed by atoms with Crippen LogP contribution in [0.4, 0.5) is 11.4 Å². The number of benzene rings is 4. The fourth-order valence-corrected chi connectivity index (χ4v) is 7.35. The number of hydrogen-bond acceptors (Lipinski definition) is 4. The summed E-state index contributed by atoms with van der Waals surface area (Å²) in [6.45, 7) is 10.6. The van der Waals surface area contributed by atoms with E-state index < -0.39 is 12.1 Å². The predicted octanol–water partition coefficient (Wildman–Crippen LogP) is 0.960. The van der Waals surface area contributed by atoms with Crippen molar-refractivity contribution >= 4 is 66.8 Å². The highest BCUT2D eigenvalue weighted by Crippen LogP contribution is 2.33. The van der Waals surface area contributed by atoms with Crippen LogP contribution in [0.3, 0.4) is 0 Å². The fraction of sp³-hybridized carbons (Fsp3) is 0.333. The number of hydrogen-bond donors (Lipinski definition) is 2. The van der Waals surface area contributed by atoms with Crippen molar-refractivity contribution in [3.05, 3.63) is 97.1 Å². The summed E-state index contributed by atoms with van der Waals surface area (Å²) < 4.78 is 0. The minimum Gasteiger partial charge on any atom is -1.00 e. The van der Waals surface area contributed by atoms with Gasteiger partial charge in [-0.15, -0.1) is 0 Å². The number of nitrogens with one attached hydrogen (secondary N) is 4. The van der Waals surface area contributed by atoms with Crippen molar-refractivity contribution in [2.75, 3.05) is 36.8 Å². The van der Waals surface area contributed by atoms with Gasteiger partial charge in [-0.1, -0.05) is 89.1 Å². The third-order valence-electron chi connectivity index (χ3n) is 10.8. The van der Waals surface area contributed by atoms with E-state index in [1.54, 1.807) is 0 Å². The zero-order valence-corrected chi connectivity index (χ0v) is 31.8. The molecule has 0 unspecified atom stereocenters. The lowest BCUT2D eigenvalue weighted by atomic mass is 9.95. The predicted molar refractivity (Wildman–Crippen MR) is 203 cm³/mol. The Bertz CT molecular complexity index is 1920.